The molecule has 190 valence electrons. The lowest BCUT2D eigenvalue weighted by atomic mass is 10.0. The first kappa shape index (κ1) is 22.7. The average Bonchev–Trinajstić information content (AvgIpc) is 3.64. The highest BCUT2D eigenvalue weighted by atomic mass is 19.1. The van der Waals surface area contributed by atoms with Crippen molar-refractivity contribution in [1.82, 2.24) is 34.7 Å². The van der Waals surface area contributed by atoms with Crippen molar-refractivity contribution in [2.24, 2.45) is 11.8 Å². The van der Waals surface area contributed by atoms with E-state index in [2.05, 4.69) is 42.4 Å². The summed E-state index contributed by atoms with van der Waals surface area (Å²) in [6.07, 6.45) is 4.72. The van der Waals surface area contributed by atoms with Crippen LogP contribution in [0.25, 0.3) is 22.3 Å². The molecule has 0 spiro atoms. The lowest BCUT2D eigenvalue weighted by Gasteiger charge is -2.17. The minimum atomic E-state index is -0.618. The zero-order valence-corrected chi connectivity index (χ0v) is 20.6. The highest BCUT2D eigenvalue weighted by Crippen LogP contribution is 2.35. The fourth-order valence-electron chi connectivity index (χ4n) is 6.15. The first-order valence-electron chi connectivity index (χ1n) is 12.9. The molecule has 0 saturated carbocycles. The van der Waals surface area contributed by atoms with Gasteiger partial charge in [-0.25, -0.2) is 28.7 Å². The van der Waals surface area contributed by atoms with Crippen LogP contribution in [0.5, 0.6) is 0 Å². The van der Waals surface area contributed by atoms with Gasteiger partial charge in [0.15, 0.2) is 11.6 Å². The number of pyridine rings is 1. The van der Waals surface area contributed by atoms with Gasteiger partial charge in [0.1, 0.15) is 22.9 Å². The lowest BCUT2D eigenvalue weighted by Crippen LogP contribution is -2.25. The second-order valence-corrected chi connectivity index (χ2v) is 10.6. The molecule has 2 fully saturated rings. The van der Waals surface area contributed by atoms with E-state index in [1.807, 2.05) is 22.9 Å². The molecule has 6 heterocycles. The van der Waals surface area contributed by atoms with E-state index >= 15 is 0 Å². The van der Waals surface area contributed by atoms with Crippen LogP contribution in [0.2, 0.25) is 0 Å². The Bertz CT molecular complexity index is 1470. The molecule has 0 bridgehead atoms. The molecule has 0 radical (unpaired) electrons. The topological polar surface area (TPSA) is 83.8 Å². The third-order valence-electron chi connectivity index (χ3n) is 8.00. The molecule has 8 nitrogen and oxygen atoms in total. The van der Waals surface area contributed by atoms with Crippen LogP contribution in [0.15, 0.2) is 36.7 Å². The van der Waals surface area contributed by atoms with E-state index in [4.69, 9.17) is 0 Å². The molecule has 3 atom stereocenters. The molecule has 3 aromatic heterocycles. The number of anilines is 2. The van der Waals surface area contributed by atoms with E-state index in [1.165, 1.54) is 6.07 Å². The normalized spacial score (nSPS) is 23.1. The number of halogens is 2. The Balaban J connectivity index is 1.11. The maximum Gasteiger partial charge on any atom is 0.229 e. The number of benzene rings is 1. The summed E-state index contributed by atoms with van der Waals surface area (Å²) in [7, 11) is 0. The van der Waals surface area contributed by atoms with E-state index < -0.39 is 11.6 Å². The molecule has 0 amide bonds. The molecule has 0 aliphatic carbocycles. The van der Waals surface area contributed by atoms with Crippen molar-refractivity contribution in [3.05, 3.63) is 59.7 Å². The molecular formula is C27H28F2N8. The Morgan fingerprint density at radius 1 is 1.03 bits per heavy atom. The largest absolute Gasteiger partial charge is 0.325 e. The van der Waals surface area contributed by atoms with Crippen LogP contribution in [0.3, 0.4) is 0 Å². The predicted molar refractivity (Wildman–Crippen MR) is 136 cm³/mol. The monoisotopic (exact) mass is 502 g/mol. The van der Waals surface area contributed by atoms with E-state index in [-0.39, 0.29) is 17.7 Å². The fourth-order valence-corrected chi connectivity index (χ4v) is 6.15. The van der Waals surface area contributed by atoms with Crippen LogP contribution >= 0.6 is 0 Å². The molecule has 1 aromatic carbocycles. The number of rotatable bonds is 5. The Morgan fingerprint density at radius 3 is 2.65 bits per heavy atom. The average molecular weight is 503 g/mol. The molecule has 2 N–H and O–H groups in total. The predicted octanol–water partition coefficient (Wildman–Crippen LogP) is 4.07. The van der Waals surface area contributed by atoms with Crippen LogP contribution in [0, 0.1) is 23.5 Å². The lowest BCUT2D eigenvalue weighted by molar-refractivity contribution is 0.305. The van der Waals surface area contributed by atoms with Crippen molar-refractivity contribution >= 4 is 22.8 Å². The number of nitrogens with one attached hydrogen (secondary N) is 2. The Hall–Kier alpha value is -3.50. The zero-order valence-electron chi connectivity index (χ0n) is 20.6. The van der Waals surface area contributed by atoms with Crippen molar-refractivity contribution in [3.8, 4) is 11.3 Å². The molecular weight excluding hydrogens is 474 g/mol. The molecule has 3 aliphatic rings. The van der Waals surface area contributed by atoms with Gasteiger partial charge in [-0.15, -0.1) is 0 Å². The van der Waals surface area contributed by atoms with Crippen LogP contribution in [0.4, 0.5) is 20.5 Å². The first-order valence-corrected chi connectivity index (χ1v) is 12.9. The number of aromatic nitrogens is 5. The van der Waals surface area contributed by atoms with Gasteiger partial charge in [0.2, 0.25) is 5.95 Å². The van der Waals surface area contributed by atoms with Crippen molar-refractivity contribution in [1.29, 1.82) is 0 Å². The summed E-state index contributed by atoms with van der Waals surface area (Å²) in [5.41, 5.74) is 2.51. The van der Waals surface area contributed by atoms with Gasteiger partial charge in [-0.1, -0.05) is 6.07 Å². The highest BCUT2D eigenvalue weighted by Gasteiger charge is 2.35. The number of likely N-dealkylation sites (tertiary alicyclic amines) is 1. The molecule has 10 heteroatoms. The van der Waals surface area contributed by atoms with Crippen molar-refractivity contribution < 1.29 is 8.78 Å². The summed E-state index contributed by atoms with van der Waals surface area (Å²) in [5.74, 6) is 2.04. The third-order valence-corrected chi connectivity index (χ3v) is 8.00. The number of imidazole rings is 1. The van der Waals surface area contributed by atoms with Gasteiger partial charge < -0.3 is 15.2 Å². The molecule has 37 heavy (non-hydrogen) atoms. The number of hydrogen-bond donors (Lipinski definition) is 2. The zero-order chi connectivity index (χ0) is 25.1. The van der Waals surface area contributed by atoms with Crippen molar-refractivity contribution in [2.75, 3.05) is 31.5 Å². The molecule has 2 unspecified atom stereocenters. The second-order valence-electron chi connectivity index (χ2n) is 10.6. The summed E-state index contributed by atoms with van der Waals surface area (Å²) >= 11 is 0. The molecule has 7 rings (SSSR count). The molecule has 2 saturated heterocycles. The standard InChI is InChI=1S/C27H28F2N8/c1-15-2-5-24-34-26-20(28)6-17(7-22(26)37(15)24)25-21(29)11-32-27(35-25)33-23-4-3-16(8-31-23)12-36-13-18-9-30-10-19(18)14-36/h3-4,6-8,11,15,18-19,30H,2,5,9-10,12-14H2,1H3,(H,31,32,33,35)/t15-,18?,19?/m1/s1. The van der Waals surface area contributed by atoms with E-state index in [9.17, 15) is 8.78 Å². The smallest absolute Gasteiger partial charge is 0.229 e. The maximum absolute atomic E-state index is 15.0. The SMILES string of the molecule is C[C@@H]1CCc2nc3c(F)cc(-c4nc(Nc5ccc(CN6CC7CNCC7C6)cn5)ncc4F)cc3n21. The van der Waals surface area contributed by atoms with E-state index in [1.54, 1.807) is 6.07 Å². The minimum absolute atomic E-state index is 0.0326. The molecule has 4 aromatic rings. The highest BCUT2D eigenvalue weighted by molar-refractivity contribution is 5.83. The third kappa shape index (κ3) is 4.04. The van der Waals surface area contributed by atoms with Crippen LogP contribution < -0.4 is 10.6 Å². The summed E-state index contributed by atoms with van der Waals surface area (Å²) < 4.78 is 31.8. The first-order chi connectivity index (χ1) is 18.0. The second kappa shape index (κ2) is 8.81. The van der Waals surface area contributed by atoms with Crippen molar-refractivity contribution in [2.45, 2.75) is 32.4 Å². The number of hydrogen-bond acceptors (Lipinski definition) is 7. The number of nitrogens with zero attached hydrogens (tertiary/aromatic N) is 6. The van der Waals surface area contributed by atoms with Gasteiger partial charge in [0, 0.05) is 43.9 Å². The van der Waals surface area contributed by atoms with E-state index in [0.29, 0.717) is 22.4 Å². The van der Waals surface area contributed by atoms with Gasteiger partial charge in [-0.3, -0.25) is 4.90 Å². The maximum atomic E-state index is 15.0. The Morgan fingerprint density at radius 2 is 1.86 bits per heavy atom. The quantitative estimate of drug-likeness (QED) is 0.426. The van der Waals surface area contributed by atoms with Crippen LogP contribution in [-0.4, -0.2) is 55.6 Å². The Labute approximate surface area is 213 Å². The van der Waals surface area contributed by atoms with Crippen LogP contribution in [0.1, 0.15) is 30.8 Å². The van der Waals surface area contributed by atoms with Gasteiger partial charge in [-0.05, 0) is 62.0 Å². The minimum Gasteiger partial charge on any atom is -0.325 e. The van der Waals surface area contributed by atoms with Gasteiger partial charge >= 0.3 is 0 Å². The summed E-state index contributed by atoms with van der Waals surface area (Å²) in [6, 6.07) is 7.19. The van der Waals surface area contributed by atoms with E-state index in [0.717, 1.165) is 75.0 Å². The van der Waals surface area contributed by atoms with Gasteiger partial charge in [-0.2, -0.15) is 0 Å². The summed E-state index contributed by atoms with van der Waals surface area (Å²) in [6.45, 7) is 7.44. The number of aryl methyl sites for hydroxylation is 1. The Kier molecular flexibility index (Phi) is 5.40. The molecule has 3 aliphatic heterocycles. The van der Waals surface area contributed by atoms with Crippen molar-refractivity contribution in [3.63, 3.8) is 0 Å². The summed E-state index contributed by atoms with van der Waals surface area (Å²) in [4.78, 5) is 19.9. The fraction of sp³-hybridized carbons (Fsp3) is 0.407. The number of fused-ring (bicyclic) bond motifs is 4. The van der Waals surface area contributed by atoms with Gasteiger partial charge in [0.25, 0.3) is 0 Å². The summed E-state index contributed by atoms with van der Waals surface area (Å²) in [5, 5.41) is 6.53. The van der Waals surface area contributed by atoms with Gasteiger partial charge in [0.05, 0.1) is 11.7 Å². The van der Waals surface area contributed by atoms with Crippen LogP contribution in [-0.2, 0) is 13.0 Å².